The lowest BCUT2D eigenvalue weighted by atomic mass is 10.2. The Hall–Kier alpha value is -2.20. The van der Waals surface area contributed by atoms with E-state index in [0.717, 1.165) is 0 Å². The Morgan fingerprint density at radius 3 is 2.54 bits per heavy atom. The average Bonchev–Trinajstić information content (AvgIpc) is 3.00. The monoisotopic (exact) mass is 441 g/mol. The second-order valence-corrected chi connectivity index (χ2v) is 8.32. The lowest BCUT2D eigenvalue weighted by Gasteiger charge is -2.07. The van der Waals surface area contributed by atoms with Crippen molar-refractivity contribution in [2.24, 2.45) is 7.05 Å². The van der Waals surface area contributed by atoms with Gasteiger partial charge in [0.15, 0.2) is 5.82 Å². The fraction of sp³-hybridized carbons (Fsp3) is 0.250. The molecule has 0 fully saturated rings. The third-order valence-electron chi connectivity index (χ3n) is 3.95. The molecule has 138 valence electrons. The number of rotatable bonds is 5. The van der Waals surface area contributed by atoms with Crippen molar-refractivity contribution in [2.75, 3.05) is 4.72 Å². The minimum atomic E-state index is -3.86. The number of hydrogen-bond acceptors (Lipinski definition) is 4. The molecule has 0 amide bonds. The zero-order valence-electron chi connectivity index (χ0n) is 14.4. The molecule has 10 heteroatoms. The molecule has 3 aromatic rings. The maximum atomic E-state index is 13.8. The first-order chi connectivity index (χ1) is 12.2. The fourth-order valence-electron chi connectivity index (χ4n) is 2.67. The van der Waals surface area contributed by atoms with Crippen molar-refractivity contribution in [1.82, 2.24) is 19.6 Å². The Balaban J connectivity index is 1.89. The van der Waals surface area contributed by atoms with Gasteiger partial charge in [0, 0.05) is 18.8 Å². The van der Waals surface area contributed by atoms with Crippen molar-refractivity contribution in [3.8, 4) is 0 Å². The molecule has 2 aromatic heterocycles. The van der Waals surface area contributed by atoms with Crippen molar-refractivity contribution in [3.63, 3.8) is 0 Å². The first-order valence-electron chi connectivity index (χ1n) is 7.68. The van der Waals surface area contributed by atoms with E-state index in [0.29, 0.717) is 21.4 Å². The van der Waals surface area contributed by atoms with Crippen LogP contribution in [-0.4, -0.2) is 28.0 Å². The predicted molar refractivity (Wildman–Crippen MR) is 98.9 cm³/mol. The smallest absolute Gasteiger partial charge is 0.266 e. The number of hydrogen-bond donors (Lipinski definition) is 1. The van der Waals surface area contributed by atoms with Gasteiger partial charge >= 0.3 is 0 Å². The quantitative estimate of drug-likeness (QED) is 0.659. The van der Waals surface area contributed by atoms with E-state index in [1.54, 1.807) is 45.3 Å². The van der Waals surface area contributed by atoms with Crippen molar-refractivity contribution in [2.45, 2.75) is 25.3 Å². The number of aryl methyl sites for hydroxylation is 2. The van der Waals surface area contributed by atoms with Gasteiger partial charge in [0.05, 0.1) is 22.4 Å². The van der Waals surface area contributed by atoms with E-state index in [1.807, 2.05) is 0 Å². The molecule has 3 rings (SSSR count). The average molecular weight is 442 g/mol. The molecule has 7 nitrogen and oxygen atoms in total. The lowest BCUT2D eigenvalue weighted by molar-refractivity contribution is 0.585. The van der Waals surface area contributed by atoms with Gasteiger partial charge in [-0.1, -0.05) is 18.2 Å². The van der Waals surface area contributed by atoms with Crippen LogP contribution in [0.3, 0.4) is 0 Å². The highest BCUT2D eigenvalue weighted by atomic mass is 79.9. The van der Waals surface area contributed by atoms with E-state index in [1.165, 1.54) is 15.4 Å². The topological polar surface area (TPSA) is 81.8 Å². The zero-order chi connectivity index (χ0) is 19.1. The van der Waals surface area contributed by atoms with Crippen LogP contribution in [0.1, 0.15) is 17.0 Å². The molecule has 0 unspecified atom stereocenters. The zero-order valence-corrected chi connectivity index (χ0v) is 16.8. The number of sulfonamides is 1. The predicted octanol–water partition coefficient (Wildman–Crippen LogP) is 2.98. The first kappa shape index (κ1) is 18.6. The molecule has 0 aliphatic rings. The molecule has 0 bridgehead atoms. The lowest BCUT2D eigenvalue weighted by Crippen LogP contribution is -2.16. The fourth-order valence-corrected chi connectivity index (χ4v) is 4.67. The minimum absolute atomic E-state index is 0.121. The van der Waals surface area contributed by atoms with E-state index in [9.17, 15) is 12.8 Å². The molecular weight excluding hydrogens is 425 g/mol. The van der Waals surface area contributed by atoms with Crippen molar-refractivity contribution in [3.05, 3.63) is 57.7 Å². The maximum Gasteiger partial charge on any atom is 0.266 e. The van der Waals surface area contributed by atoms with Gasteiger partial charge in [-0.25, -0.2) is 12.8 Å². The van der Waals surface area contributed by atoms with Crippen LogP contribution in [0.15, 0.2) is 39.8 Å². The van der Waals surface area contributed by atoms with Gasteiger partial charge in [0.25, 0.3) is 10.0 Å². The molecule has 0 saturated carbocycles. The first-order valence-corrected chi connectivity index (χ1v) is 9.96. The molecular formula is C16H17BrFN5O2S. The van der Waals surface area contributed by atoms with Crippen LogP contribution in [0, 0.1) is 19.7 Å². The second-order valence-electron chi connectivity index (χ2n) is 5.84. The summed E-state index contributed by atoms with van der Waals surface area (Å²) in [5.41, 5.74) is 1.38. The summed E-state index contributed by atoms with van der Waals surface area (Å²) in [6.45, 7) is 3.49. The molecule has 1 aromatic carbocycles. The molecule has 0 radical (unpaired) electrons. The SMILES string of the molecule is Cc1nn(C)c(C)c1S(=O)(=O)Nc1nn(Cc2ccccc2F)cc1Br. The van der Waals surface area contributed by atoms with Gasteiger partial charge in [0.2, 0.25) is 0 Å². The van der Waals surface area contributed by atoms with E-state index < -0.39 is 10.0 Å². The Kier molecular flexibility index (Phi) is 4.89. The van der Waals surface area contributed by atoms with Crippen LogP contribution in [0.5, 0.6) is 0 Å². The molecule has 26 heavy (non-hydrogen) atoms. The van der Waals surface area contributed by atoms with Crippen LogP contribution in [0.4, 0.5) is 10.2 Å². The number of aromatic nitrogens is 4. The van der Waals surface area contributed by atoms with Crippen LogP contribution < -0.4 is 4.72 Å². The number of nitrogens with zero attached hydrogens (tertiary/aromatic N) is 4. The van der Waals surface area contributed by atoms with Gasteiger partial charge in [-0.2, -0.15) is 10.2 Å². The van der Waals surface area contributed by atoms with E-state index in [4.69, 9.17) is 0 Å². The molecule has 0 aliphatic carbocycles. The number of nitrogens with one attached hydrogen (secondary N) is 1. The van der Waals surface area contributed by atoms with Crippen molar-refractivity contribution < 1.29 is 12.8 Å². The number of halogens is 2. The highest BCUT2D eigenvalue weighted by Crippen LogP contribution is 2.26. The van der Waals surface area contributed by atoms with Crippen LogP contribution in [0.2, 0.25) is 0 Å². The van der Waals surface area contributed by atoms with Gasteiger partial charge < -0.3 is 0 Å². The highest BCUT2D eigenvalue weighted by molar-refractivity contribution is 9.10. The molecule has 0 saturated heterocycles. The van der Waals surface area contributed by atoms with Crippen LogP contribution in [0.25, 0.3) is 0 Å². The highest BCUT2D eigenvalue weighted by Gasteiger charge is 2.25. The van der Waals surface area contributed by atoms with E-state index in [-0.39, 0.29) is 23.1 Å². The standard InChI is InChI=1S/C16H17BrFN5O2S/c1-10-15(11(2)22(3)19-10)26(24,25)21-16-13(17)9-23(20-16)8-12-6-4-5-7-14(12)18/h4-7,9H,8H2,1-3H3,(H,20,21). The van der Waals surface area contributed by atoms with Gasteiger partial charge in [0.1, 0.15) is 10.7 Å². The van der Waals surface area contributed by atoms with Crippen LogP contribution >= 0.6 is 15.9 Å². The molecule has 0 spiro atoms. The second kappa shape index (κ2) is 6.84. The number of anilines is 1. The Labute approximate surface area is 159 Å². The van der Waals surface area contributed by atoms with Crippen molar-refractivity contribution in [1.29, 1.82) is 0 Å². The van der Waals surface area contributed by atoms with E-state index >= 15 is 0 Å². The molecule has 2 heterocycles. The summed E-state index contributed by atoms with van der Waals surface area (Å²) >= 11 is 3.29. The van der Waals surface area contributed by atoms with Crippen molar-refractivity contribution >= 4 is 31.8 Å². The van der Waals surface area contributed by atoms with E-state index in [2.05, 4.69) is 30.8 Å². The Morgan fingerprint density at radius 2 is 1.92 bits per heavy atom. The Morgan fingerprint density at radius 1 is 1.23 bits per heavy atom. The summed E-state index contributed by atoms with van der Waals surface area (Å²) in [6.07, 6.45) is 1.59. The van der Waals surface area contributed by atoms with Crippen LogP contribution in [-0.2, 0) is 23.6 Å². The molecule has 0 aliphatic heterocycles. The summed E-state index contributed by atoms with van der Waals surface area (Å²) in [4.78, 5) is 0.121. The summed E-state index contributed by atoms with van der Waals surface area (Å²) in [5, 5.41) is 8.34. The third-order valence-corrected chi connectivity index (χ3v) is 6.12. The largest absolute Gasteiger partial charge is 0.271 e. The molecule has 0 atom stereocenters. The summed E-state index contributed by atoms with van der Waals surface area (Å²) in [6, 6.07) is 6.35. The van der Waals surface area contributed by atoms with Gasteiger partial charge in [-0.05, 0) is 35.8 Å². The summed E-state index contributed by atoms with van der Waals surface area (Å²) in [7, 11) is -2.18. The third kappa shape index (κ3) is 3.51. The maximum absolute atomic E-state index is 13.8. The Bertz CT molecular complexity index is 1070. The van der Waals surface area contributed by atoms with Gasteiger partial charge in [-0.15, -0.1) is 0 Å². The summed E-state index contributed by atoms with van der Waals surface area (Å²) in [5.74, 6) is -0.216. The van der Waals surface area contributed by atoms with Gasteiger partial charge in [-0.3, -0.25) is 14.1 Å². The molecule has 1 N–H and O–H groups in total. The minimum Gasteiger partial charge on any atom is -0.271 e. The number of benzene rings is 1. The summed E-state index contributed by atoms with van der Waals surface area (Å²) < 4.78 is 45.2. The normalized spacial score (nSPS) is 11.7.